The van der Waals surface area contributed by atoms with E-state index >= 15 is 0 Å². The Morgan fingerprint density at radius 2 is 1.87 bits per heavy atom. The Morgan fingerprint density at radius 3 is 2.61 bits per heavy atom. The molecule has 4 amide bonds. The number of hydrogen-bond acceptors (Lipinski definition) is 4. The summed E-state index contributed by atoms with van der Waals surface area (Å²) < 4.78 is 5.64. The van der Waals surface area contributed by atoms with Crippen LogP contribution in [0.4, 0.5) is 4.79 Å². The van der Waals surface area contributed by atoms with Crippen LogP contribution < -0.4 is 10.7 Å². The van der Waals surface area contributed by atoms with E-state index in [4.69, 9.17) is 4.42 Å². The van der Waals surface area contributed by atoms with E-state index in [1.54, 1.807) is 13.2 Å². The molecule has 0 bridgehead atoms. The van der Waals surface area contributed by atoms with Crippen LogP contribution in [0.2, 0.25) is 0 Å². The lowest BCUT2D eigenvalue weighted by Gasteiger charge is -2.21. The lowest BCUT2D eigenvalue weighted by atomic mass is 9.93. The van der Waals surface area contributed by atoms with Gasteiger partial charge in [0.15, 0.2) is 0 Å². The van der Waals surface area contributed by atoms with Crippen LogP contribution in [-0.2, 0) is 22.4 Å². The summed E-state index contributed by atoms with van der Waals surface area (Å²) >= 11 is 0. The zero-order valence-electron chi connectivity index (χ0n) is 17.8. The Labute approximate surface area is 180 Å². The van der Waals surface area contributed by atoms with Crippen LogP contribution in [0.3, 0.4) is 0 Å². The summed E-state index contributed by atoms with van der Waals surface area (Å²) in [4.78, 5) is 37.9. The highest BCUT2D eigenvalue weighted by molar-refractivity contribution is 6.07. The number of rotatable bonds is 6. The minimum absolute atomic E-state index is 0.00666. The second kappa shape index (κ2) is 7.91. The van der Waals surface area contributed by atoms with Gasteiger partial charge >= 0.3 is 6.03 Å². The average Bonchev–Trinajstić information content (AvgIpc) is 3.24. The van der Waals surface area contributed by atoms with Gasteiger partial charge in [0.05, 0.1) is 12.7 Å². The third-order valence-electron chi connectivity index (χ3n) is 5.95. The van der Waals surface area contributed by atoms with Gasteiger partial charge in [-0.2, -0.15) is 5.01 Å². The maximum absolute atomic E-state index is 12.9. The Morgan fingerprint density at radius 1 is 1.13 bits per heavy atom. The van der Waals surface area contributed by atoms with E-state index in [2.05, 4.69) is 10.7 Å². The number of carbonyl (C=O) groups is 3. The smallest absolute Gasteiger partial charge is 0.344 e. The van der Waals surface area contributed by atoms with Crippen LogP contribution in [0.25, 0.3) is 11.0 Å². The van der Waals surface area contributed by atoms with Gasteiger partial charge in [-0.15, -0.1) is 0 Å². The van der Waals surface area contributed by atoms with Crippen LogP contribution in [0.1, 0.15) is 35.6 Å². The van der Waals surface area contributed by atoms with E-state index in [1.807, 2.05) is 56.3 Å². The number of benzene rings is 2. The first kappa shape index (κ1) is 20.7. The average molecular weight is 419 g/mol. The second-order valence-corrected chi connectivity index (χ2v) is 8.25. The van der Waals surface area contributed by atoms with Crippen LogP contribution in [-0.4, -0.2) is 28.4 Å². The first-order chi connectivity index (χ1) is 14.8. The van der Waals surface area contributed by atoms with Crippen molar-refractivity contribution in [3.8, 4) is 0 Å². The molecule has 3 aromatic rings. The molecule has 0 radical (unpaired) electrons. The maximum atomic E-state index is 12.9. The Kier molecular flexibility index (Phi) is 5.27. The summed E-state index contributed by atoms with van der Waals surface area (Å²) in [5.74, 6) is -0.929. The van der Waals surface area contributed by atoms with Gasteiger partial charge in [-0.05, 0) is 50.3 Å². The van der Waals surface area contributed by atoms with Crippen molar-refractivity contribution in [1.82, 2.24) is 15.8 Å². The molecule has 31 heavy (non-hydrogen) atoms. The zero-order chi connectivity index (χ0) is 22.2. The van der Waals surface area contributed by atoms with Gasteiger partial charge < -0.3 is 9.73 Å². The maximum Gasteiger partial charge on any atom is 0.344 e. The number of aryl methyl sites for hydroxylation is 3. The molecule has 1 atom stereocenters. The predicted molar refractivity (Wildman–Crippen MR) is 116 cm³/mol. The molecule has 1 aliphatic rings. The van der Waals surface area contributed by atoms with Crippen molar-refractivity contribution in [1.29, 1.82) is 0 Å². The molecule has 1 saturated heterocycles. The molecule has 1 aliphatic heterocycles. The molecule has 1 aromatic heterocycles. The van der Waals surface area contributed by atoms with Gasteiger partial charge in [-0.25, -0.2) is 4.79 Å². The lowest BCUT2D eigenvalue weighted by Crippen LogP contribution is -2.49. The number of furan rings is 1. The SMILES string of the molecule is Cc1ccc2c(CC(=O)NN3C(=O)N[C@@](C)(CCc4ccccc4)C3=O)coc2c1C. The third-order valence-corrected chi connectivity index (χ3v) is 5.95. The highest BCUT2D eigenvalue weighted by atomic mass is 16.3. The van der Waals surface area contributed by atoms with Crippen LogP contribution in [0.5, 0.6) is 0 Å². The summed E-state index contributed by atoms with van der Waals surface area (Å²) in [5, 5.41) is 4.34. The fraction of sp³-hybridized carbons (Fsp3) is 0.292. The van der Waals surface area contributed by atoms with Crippen molar-refractivity contribution in [3.05, 3.63) is 71.0 Å². The zero-order valence-corrected chi connectivity index (χ0v) is 17.8. The Balaban J connectivity index is 1.43. The first-order valence-corrected chi connectivity index (χ1v) is 10.2. The molecular weight excluding hydrogens is 394 g/mol. The Hall–Kier alpha value is -3.61. The Bertz CT molecular complexity index is 1170. The predicted octanol–water partition coefficient (Wildman–Crippen LogP) is 3.57. The topological polar surface area (TPSA) is 91.7 Å². The molecule has 0 spiro atoms. The number of hydrazine groups is 1. The van der Waals surface area contributed by atoms with E-state index in [0.29, 0.717) is 18.4 Å². The van der Waals surface area contributed by atoms with Crippen LogP contribution >= 0.6 is 0 Å². The highest BCUT2D eigenvalue weighted by Gasteiger charge is 2.48. The molecule has 0 unspecified atom stereocenters. The molecule has 7 heteroatoms. The number of fused-ring (bicyclic) bond motifs is 1. The molecule has 160 valence electrons. The number of nitrogens with one attached hydrogen (secondary N) is 2. The number of amides is 4. The second-order valence-electron chi connectivity index (χ2n) is 8.25. The standard InChI is InChI=1S/C24H25N3O4/c1-15-9-10-19-18(14-31-21(19)16(15)2)13-20(28)26-27-22(29)24(3,25-23(27)30)12-11-17-7-5-4-6-8-17/h4-10,14H,11-13H2,1-3H3,(H,25,30)(H,26,28)/t24-/m0/s1. The van der Waals surface area contributed by atoms with Crippen LogP contribution in [0.15, 0.2) is 53.1 Å². The molecule has 2 aromatic carbocycles. The number of urea groups is 1. The van der Waals surface area contributed by atoms with Crippen LogP contribution in [0, 0.1) is 13.8 Å². The largest absolute Gasteiger partial charge is 0.464 e. The molecule has 0 saturated carbocycles. The fourth-order valence-corrected chi connectivity index (χ4v) is 3.86. The third kappa shape index (κ3) is 3.91. The lowest BCUT2D eigenvalue weighted by molar-refractivity contribution is -0.138. The van der Waals surface area contributed by atoms with Gasteiger partial charge in [-0.3, -0.25) is 15.0 Å². The van der Waals surface area contributed by atoms with E-state index < -0.39 is 23.4 Å². The van der Waals surface area contributed by atoms with Crippen molar-refractivity contribution < 1.29 is 18.8 Å². The summed E-state index contributed by atoms with van der Waals surface area (Å²) in [6.45, 7) is 5.64. The number of hydrogen-bond donors (Lipinski definition) is 2. The van der Waals surface area contributed by atoms with Gasteiger partial charge in [-0.1, -0.05) is 42.5 Å². The van der Waals surface area contributed by atoms with Gasteiger partial charge in [0.1, 0.15) is 11.1 Å². The molecule has 1 fully saturated rings. The molecule has 7 nitrogen and oxygen atoms in total. The molecule has 4 rings (SSSR count). The van der Waals surface area contributed by atoms with Gasteiger partial charge in [0.2, 0.25) is 5.91 Å². The van der Waals surface area contributed by atoms with Crippen molar-refractivity contribution >= 4 is 28.8 Å². The van der Waals surface area contributed by atoms with E-state index in [0.717, 1.165) is 32.7 Å². The highest BCUT2D eigenvalue weighted by Crippen LogP contribution is 2.27. The normalized spacial score (nSPS) is 18.5. The minimum Gasteiger partial charge on any atom is -0.464 e. The van der Waals surface area contributed by atoms with Crippen molar-refractivity contribution in [2.24, 2.45) is 0 Å². The summed E-state index contributed by atoms with van der Waals surface area (Å²) in [6.07, 6.45) is 2.60. The summed E-state index contributed by atoms with van der Waals surface area (Å²) in [6, 6.07) is 13.0. The minimum atomic E-state index is -1.07. The molecule has 2 heterocycles. The first-order valence-electron chi connectivity index (χ1n) is 10.2. The van der Waals surface area contributed by atoms with E-state index in [1.165, 1.54) is 0 Å². The molecular formula is C24H25N3O4. The van der Waals surface area contributed by atoms with E-state index in [9.17, 15) is 14.4 Å². The molecule has 2 N–H and O–H groups in total. The monoisotopic (exact) mass is 419 g/mol. The van der Waals surface area contributed by atoms with Crippen molar-refractivity contribution in [3.63, 3.8) is 0 Å². The quantitative estimate of drug-likeness (QED) is 0.598. The van der Waals surface area contributed by atoms with Crippen molar-refractivity contribution in [2.75, 3.05) is 0 Å². The molecule has 0 aliphatic carbocycles. The number of imide groups is 1. The van der Waals surface area contributed by atoms with E-state index in [-0.39, 0.29) is 6.42 Å². The van der Waals surface area contributed by atoms with Gasteiger partial charge in [0.25, 0.3) is 5.91 Å². The van der Waals surface area contributed by atoms with Crippen molar-refractivity contribution in [2.45, 2.75) is 45.6 Å². The van der Waals surface area contributed by atoms with Gasteiger partial charge in [0, 0.05) is 10.9 Å². The summed E-state index contributed by atoms with van der Waals surface area (Å²) in [7, 11) is 0. The number of nitrogens with zero attached hydrogens (tertiary/aromatic N) is 1. The summed E-state index contributed by atoms with van der Waals surface area (Å²) in [5.41, 5.74) is 6.02. The fourth-order valence-electron chi connectivity index (χ4n) is 3.86. The number of carbonyl (C=O) groups excluding carboxylic acids is 3.